The Hall–Kier alpha value is -0.780. The molecule has 118 valence electrons. The highest BCUT2D eigenvalue weighted by molar-refractivity contribution is 7.90. The molecule has 0 amide bonds. The molecule has 5 nitrogen and oxygen atoms in total. The summed E-state index contributed by atoms with van der Waals surface area (Å²) in [5, 5.41) is 3.16. The second-order valence-electron chi connectivity index (χ2n) is 5.68. The van der Waals surface area contributed by atoms with E-state index in [1.165, 1.54) is 25.5 Å². The van der Waals surface area contributed by atoms with E-state index in [-0.39, 0.29) is 5.75 Å². The van der Waals surface area contributed by atoms with Gasteiger partial charge < -0.3 is 10.2 Å². The number of rotatable bonds is 6. The Labute approximate surface area is 123 Å². The third-order valence-corrected chi connectivity index (χ3v) is 5.15. The SMILES string of the molecule is CCC(CC)[C@H]1CCN(C(=NC)NCCS(C)(=O)=O)C1. The molecule has 1 fully saturated rings. The number of hydrogen-bond acceptors (Lipinski definition) is 3. The minimum atomic E-state index is -2.92. The number of nitrogens with one attached hydrogen (secondary N) is 1. The second kappa shape index (κ2) is 7.86. The van der Waals surface area contributed by atoms with Crippen molar-refractivity contribution in [3.8, 4) is 0 Å². The van der Waals surface area contributed by atoms with Crippen LogP contribution in [0.15, 0.2) is 4.99 Å². The summed E-state index contributed by atoms with van der Waals surface area (Å²) in [6, 6.07) is 0. The highest BCUT2D eigenvalue weighted by atomic mass is 32.2. The van der Waals surface area contributed by atoms with Gasteiger partial charge in [0.2, 0.25) is 0 Å². The maximum absolute atomic E-state index is 11.1. The lowest BCUT2D eigenvalue weighted by atomic mass is 9.87. The molecule has 0 unspecified atom stereocenters. The molecule has 1 rings (SSSR count). The second-order valence-corrected chi connectivity index (χ2v) is 7.93. The summed E-state index contributed by atoms with van der Waals surface area (Å²) in [4.78, 5) is 6.53. The molecule has 0 bridgehead atoms. The van der Waals surface area contributed by atoms with Crippen LogP contribution in [0.3, 0.4) is 0 Å². The molecule has 0 aromatic carbocycles. The Kier molecular flexibility index (Phi) is 6.79. The molecule has 1 N–H and O–H groups in total. The third-order valence-electron chi connectivity index (χ3n) is 4.21. The van der Waals surface area contributed by atoms with Crippen molar-refractivity contribution in [2.24, 2.45) is 16.8 Å². The molecule has 1 aliphatic rings. The molecule has 1 atom stereocenters. The van der Waals surface area contributed by atoms with Gasteiger partial charge in [-0.1, -0.05) is 26.7 Å². The number of guanidine groups is 1. The van der Waals surface area contributed by atoms with E-state index in [1.807, 2.05) is 0 Å². The first-order valence-corrected chi connectivity index (χ1v) is 9.60. The van der Waals surface area contributed by atoms with E-state index in [0.29, 0.717) is 6.54 Å². The average molecular weight is 303 g/mol. The van der Waals surface area contributed by atoms with Gasteiger partial charge in [0.25, 0.3) is 0 Å². The molecule has 1 saturated heterocycles. The van der Waals surface area contributed by atoms with Crippen LogP contribution in [0, 0.1) is 11.8 Å². The monoisotopic (exact) mass is 303 g/mol. The van der Waals surface area contributed by atoms with Crippen LogP contribution in [-0.2, 0) is 9.84 Å². The molecule has 0 radical (unpaired) electrons. The van der Waals surface area contributed by atoms with E-state index in [0.717, 1.165) is 30.9 Å². The van der Waals surface area contributed by atoms with Gasteiger partial charge in [0.05, 0.1) is 5.75 Å². The van der Waals surface area contributed by atoms with Crippen molar-refractivity contribution in [1.82, 2.24) is 10.2 Å². The van der Waals surface area contributed by atoms with Gasteiger partial charge in [-0.2, -0.15) is 0 Å². The summed E-state index contributed by atoms with van der Waals surface area (Å²) in [5.41, 5.74) is 0. The summed E-state index contributed by atoms with van der Waals surface area (Å²) in [5.74, 6) is 2.50. The fourth-order valence-corrected chi connectivity index (χ4v) is 3.47. The predicted octanol–water partition coefficient (Wildman–Crippen LogP) is 1.36. The van der Waals surface area contributed by atoms with Crippen molar-refractivity contribution in [2.45, 2.75) is 33.1 Å². The summed E-state index contributed by atoms with van der Waals surface area (Å²) in [7, 11) is -1.16. The quantitative estimate of drug-likeness (QED) is 0.594. The Morgan fingerprint density at radius 2 is 2.05 bits per heavy atom. The van der Waals surface area contributed by atoms with Crippen LogP contribution in [0.5, 0.6) is 0 Å². The lowest BCUT2D eigenvalue weighted by Gasteiger charge is -2.24. The van der Waals surface area contributed by atoms with Gasteiger partial charge >= 0.3 is 0 Å². The molecular formula is C14H29N3O2S. The Balaban J connectivity index is 2.48. The van der Waals surface area contributed by atoms with E-state index >= 15 is 0 Å². The zero-order valence-corrected chi connectivity index (χ0v) is 14.0. The van der Waals surface area contributed by atoms with Crippen LogP contribution in [0.4, 0.5) is 0 Å². The van der Waals surface area contributed by atoms with Gasteiger partial charge in [0, 0.05) is 32.9 Å². The highest BCUT2D eigenvalue weighted by Gasteiger charge is 2.29. The van der Waals surface area contributed by atoms with Gasteiger partial charge in [-0.05, 0) is 18.3 Å². The van der Waals surface area contributed by atoms with Gasteiger partial charge in [-0.3, -0.25) is 4.99 Å². The van der Waals surface area contributed by atoms with E-state index < -0.39 is 9.84 Å². The largest absolute Gasteiger partial charge is 0.355 e. The number of hydrogen-bond donors (Lipinski definition) is 1. The van der Waals surface area contributed by atoms with Crippen LogP contribution < -0.4 is 5.32 Å². The maximum Gasteiger partial charge on any atom is 0.193 e. The van der Waals surface area contributed by atoms with Crippen molar-refractivity contribution >= 4 is 15.8 Å². The molecule has 0 aliphatic carbocycles. The van der Waals surface area contributed by atoms with Crippen molar-refractivity contribution in [1.29, 1.82) is 0 Å². The van der Waals surface area contributed by atoms with Crippen molar-refractivity contribution in [3.63, 3.8) is 0 Å². The van der Waals surface area contributed by atoms with Crippen LogP contribution in [0.25, 0.3) is 0 Å². The van der Waals surface area contributed by atoms with Crippen LogP contribution in [-0.4, -0.2) is 58.0 Å². The maximum atomic E-state index is 11.1. The third kappa shape index (κ3) is 5.31. The number of likely N-dealkylation sites (tertiary alicyclic amines) is 1. The molecule has 0 saturated carbocycles. The summed E-state index contributed by atoms with van der Waals surface area (Å²) >= 11 is 0. The number of nitrogens with zero attached hydrogens (tertiary/aromatic N) is 2. The topological polar surface area (TPSA) is 61.8 Å². The highest BCUT2D eigenvalue weighted by Crippen LogP contribution is 2.28. The molecule has 0 aromatic rings. The minimum absolute atomic E-state index is 0.149. The zero-order chi connectivity index (χ0) is 15.2. The average Bonchev–Trinajstić information content (AvgIpc) is 2.84. The van der Waals surface area contributed by atoms with Gasteiger partial charge in [0.15, 0.2) is 5.96 Å². The standard InChI is InChI=1S/C14H29N3O2S/c1-5-12(6-2)13-7-9-17(11-13)14(15-3)16-8-10-20(4,18)19/h12-13H,5-11H2,1-4H3,(H,15,16)/t13-/m0/s1. The first-order valence-electron chi connectivity index (χ1n) is 7.54. The van der Waals surface area contributed by atoms with Crippen LogP contribution in [0.2, 0.25) is 0 Å². The lowest BCUT2D eigenvalue weighted by molar-refractivity contribution is 0.319. The van der Waals surface area contributed by atoms with Crippen molar-refractivity contribution < 1.29 is 8.42 Å². The van der Waals surface area contributed by atoms with E-state index in [9.17, 15) is 8.42 Å². The van der Waals surface area contributed by atoms with E-state index in [1.54, 1.807) is 7.05 Å². The molecule has 20 heavy (non-hydrogen) atoms. The summed E-state index contributed by atoms with van der Waals surface area (Å²) in [6.07, 6.45) is 4.93. The van der Waals surface area contributed by atoms with Crippen molar-refractivity contribution in [3.05, 3.63) is 0 Å². The fourth-order valence-electron chi connectivity index (χ4n) is 3.00. The lowest BCUT2D eigenvalue weighted by Crippen LogP contribution is -2.42. The molecular weight excluding hydrogens is 274 g/mol. The molecule has 0 aromatic heterocycles. The molecule has 0 spiro atoms. The smallest absolute Gasteiger partial charge is 0.193 e. The normalized spacial score (nSPS) is 20.8. The van der Waals surface area contributed by atoms with E-state index in [4.69, 9.17) is 0 Å². The Morgan fingerprint density at radius 3 is 2.55 bits per heavy atom. The predicted molar refractivity (Wildman–Crippen MR) is 84.8 cm³/mol. The summed E-state index contributed by atoms with van der Waals surface area (Å²) < 4.78 is 22.3. The van der Waals surface area contributed by atoms with Crippen molar-refractivity contribution in [2.75, 3.05) is 38.7 Å². The zero-order valence-electron chi connectivity index (χ0n) is 13.2. The molecule has 6 heteroatoms. The van der Waals surface area contributed by atoms with Gasteiger partial charge in [-0.15, -0.1) is 0 Å². The minimum Gasteiger partial charge on any atom is -0.355 e. The van der Waals surface area contributed by atoms with E-state index in [2.05, 4.69) is 29.1 Å². The molecule has 1 heterocycles. The number of aliphatic imine (C=N–C) groups is 1. The first-order chi connectivity index (χ1) is 9.41. The number of sulfone groups is 1. The van der Waals surface area contributed by atoms with Gasteiger partial charge in [-0.25, -0.2) is 8.42 Å². The Bertz CT molecular complexity index is 416. The van der Waals surface area contributed by atoms with Gasteiger partial charge in [0.1, 0.15) is 9.84 Å². The fraction of sp³-hybridized carbons (Fsp3) is 0.929. The van der Waals surface area contributed by atoms with Crippen LogP contribution >= 0.6 is 0 Å². The first kappa shape index (κ1) is 17.3. The molecule has 1 aliphatic heterocycles. The van der Waals surface area contributed by atoms with Crippen LogP contribution in [0.1, 0.15) is 33.1 Å². The summed E-state index contributed by atoms with van der Waals surface area (Å²) in [6.45, 7) is 6.99. The Morgan fingerprint density at radius 1 is 1.40 bits per heavy atom.